The minimum Gasteiger partial charge on any atom is -0.396 e. The lowest BCUT2D eigenvalue weighted by Crippen LogP contribution is -2.49. The zero-order valence-corrected chi connectivity index (χ0v) is 10.7. The van der Waals surface area contributed by atoms with Gasteiger partial charge in [0.15, 0.2) is 5.60 Å². The van der Waals surface area contributed by atoms with Gasteiger partial charge in [0.1, 0.15) is 0 Å². The van der Waals surface area contributed by atoms with E-state index in [9.17, 15) is 23.1 Å². The van der Waals surface area contributed by atoms with Crippen LogP contribution in [-0.2, 0) is 11.3 Å². The zero-order valence-electron chi connectivity index (χ0n) is 10.7. The van der Waals surface area contributed by atoms with Crippen LogP contribution in [0.25, 0.3) is 0 Å². The number of benzene rings is 1. The fourth-order valence-corrected chi connectivity index (χ4v) is 1.64. The number of alkyl halides is 3. The average molecular weight is 291 g/mol. The van der Waals surface area contributed by atoms with Crippen LogP contribution in [0.4, 0.5) is 13.2 Å². The van der Waals surface area contributed by atoms with Crippen molar-refractivity contribution < 1.29 is 28.2 Å². The Balaban J connectivity index is 2.59. The van der Waals surface area contributed by atoms with Gasteiger partial charge < -0.3 is 15.5 Å². The molecule has 3 N–H and O–H groups in total. The normalized spacial score (nSPS) is 14.7. The fraction of sp³-hybridized carbons (Fsp3) is 0.462. The molecule has 20 heavy (non-hydrogen) atoms. The van der Waals surface area contributed by atoms with Gasteiger partial charge in [0, 0.05) is 19.6 Å². The number of carbonyl (C=O) groups is 1. The van der Waals surface area contributed by atoms with Gasteiger partial charge in [-0.15, -0.1) is 0 Å². The highest BCUT2D eigenvalue weighted by Gasteiger charge is 2.54. The number of carbonyl (C=O) groups excluding carboxylic acids is 1. The number of amides is 1. The molecule has 0 bridgehead atoms. The smallest absolute Gasteiger partial charge is 0.396 e. The van der Waals surface area contributed by atoms with Crippen LogP contribution in [0, 0.1) is 0 Å². The third-order valence-electron chi connectivity index (χ3n) is 2.84. The van der Waals surface area contributed by atoms with E-state index in [2.05, 4.69) is 5.32 Å². The van der Waals surface area contributed by atoms with Gasteiger partial charge in [-0.2, -0.15) is 13.2 Å². The van der Waals surface area contributed by atoms with Gasteiger partial charge >= 0.3 is 6.18 Å². The van der Waals surface area contributed by atoms with Crippen LogP contribution in [0.3, 0.4) is 0 Å². The van der Waals surface area contributed by atoms with Crippen molar-refractivity contribution in [2.24, 2.45) is 0 Å². The van der Waals surface area contributed by atoms with Crippen LogP contribution in [0.15, 0.2) is 30.3 Å². The van der Waals surface area contributed by atoms with E-state index < -0.39 is 37.1 Å². The molecular weight excluding hydrogens is 275 g/mol. The summed E-state index contributed by atoms with van der Waals surface area (Å²) in [5.41, 5.74) is -2.47. The SMILES string of the molecule is O=C(C[C@@](O)(CCO)C(F)(F)F)NCc1ccccc1. The van der Waals surface area contributed by atoms with Crippen molar-refractivity contribution in [3.05, 3.63) is 35.9 Å². The molecule has 1 amide bonds. The maximum absolute atomic E-state index is 12.7. The van der Waals surface area contributed by atoms with E-state index in [1.54, 1.807) is 30.3 Å². The molecule has 1 rings (SSSR count). The van der Waals surface area contributed by atoms with E-state index in [-0.39, 0.29) is 6.54 Å². The summed E-state index contributed by atoms with van der Waals surface area (Å²) in [5.74, 6) is -0.929. The van der Waals surface area contributed by atoms with Gasteiger partial charge in [0.25, 0.3) is 0 Å². The summed E-state index contributed by atoms with van der Waals surface area (Å²) in [6, 6.07) is 8.67. The summed E-state index contributed by atoms with van der Waals surface area (Å²) in [5, 5.41) is 20.4. The first-order valence-corrected chi connectivity index (χ1v) is 5.99. The third kappa shape index (κ3) is 4.50. The lowest BCUT2D eigenvalue weighted by molar-refractivity contribution is -0.265. The summed E-state index contributed by atoms with van der Waals surface area (Å²) in [7, 11) is 0. The third-order valence-corrected chi connectivity index (χ3v) is 2.84. The first-order valence-electron chi connectivity index (χ1n) is 5.99. The second kappa shape index (κ2) is 6.71. The van der Waals surface area contributed by atoms with Gasteiger partial charge in [0.05, 0.1) is 6.42 Å². The topological polar surface area (TPSA) is 69.6 Å². The Kier molecular flexibility index (Phi) is 5.52. The monoisotopic (exact) mass is 291 g/mol. The van der Waals surface area contributed by atoms with Crippen LogP contribution in [0.5, 0.6) is 0 Å². The average Bonchev–Trinajstić information content (AvgIpc) is 2.36. The second-order valence-electron chi connectivity index (χ2n) is 4.44. The second-order valence-corrected chi connectivity index (χ2v) is 4.44. The Hall–Kier alpha value is -1.60. The van der Waals surface area contributed by atoms with Gasteiger partial charge in [-0.05, 0) is 5.56 Å². The Morgan fingerprint density at radius 1 is 1.20 bits per heavy atom. The minimum atomic E-state index is -4.97. The molecule has 1 atom stereocenters. The molecule has 0 aliphatic heterocycles. The largest absolute Gasteiger partial charge is 0.417 e. The van der Waals surface area contributed by atoms with E-state index >= 15 is 0 Å². The van der Waals surface area contributed by atoms with Crippen LogP contribution >= 0.6 is 0 Å². The van der Waals surface area contributed by atoms with E-state index in [4.69, 9.17) is 5.11 Å². The summed E-state index contributed by atoms with van der Waals surface area (Å²) in [4.78, 5) is 11.5. The van der Waals surface area contributed by atoms with Gasteiger partial charge in [0.2, 0.25) is 5.91 Å². The molecule has 0 aliphatic rings. The van der Waals surface area contributed by atoms with E-state index in [1.807, 2.05) is 0 Å². The van der Waals surface area contributed by atoms with Crippen LogP contribution < -0.4 is 5.32 Å². The molecular formula is C13H16F3NO3. The number of rotatable bonds is 6. The van der Waals surface area contributed by atoms with Crippen molar-refractivity contribution in [2.75, 3.05) is 6.61 Å². The fourth-order valence-electron chi connectivity index (χ4n) is 1.64. The number of hydrogen-bond acceptors (Lipinski definition) is 3. The number of aliphatic hydroxyl groups is 2. The summed E-state index contributed by atoms with van der Waals surface area (Å²) in [6.45, 7) is -0.783. The molecule has 1 aromatic rings. The molecule has 0 radical (unpaired) electrons. The quantitative estimate of drug-likeness (QED) is 0.741. The van der Waals surface area contributed by atoms with Crippen molar-refractivity contribution in [1.82, 2.24) is 5.32 Å². The van der Waals surface area contributed by atoms with Crippen LogP contribution in [0.1, 0.15) is 18.4 Å². The first-order chi connectivity index (χ1) is 9.28. The first kappa shape index (κ1) is 16.5. The highest BCUT2D eigenvalue weighted by Crippen LogP contribution is 2.35. The number of aliphatic hydroxyl groups excluding tert-OH is 1. The Labute approximate surface area is 114 Å². The molecule has 4 nitrogen and oxygen atoms in total. The van der Waals surface area contributed by atoms with E-state index in [1.165, 1.54) is 0 Å². The predicted molar refractivity (Wildman–Crippen MR) is 65.6 cm³/mol. The summed E-state index contributed by atoms with van der Waals surface area (Å²) in [6.07, 6.45) is -7.04. The molecule has 0 aliphatic carbocycles. The van der Waals surface area contributed by atoms with Gasteiger partial charge in [-0.25, -0.2) is 0 Å². The van der Waals surface area contributed by atoms with Crippen molar-refractivity contribution >= 4 is 5.91 Å². The molecule has 7 heteroatoms. The van der Waals surface area contributed by atoms with E-state index in [0.29, 0.717) is 0 Å². The molecule has 112 valence electrons. The molecule has 0 heterocycles. The standard InChI is InChI=1S/C13H16F3NO3/c14-13(15,16)12(20,6-7-18)8-11(19)17-9-10-4-2-1-3-5-10/h1-5,18,20H,6-9H2,(H,17,19)/t12-/m0/s1. The summed E-state index contributed by atoms with van der Waals surface area (Å²) >= 11 is 0. The van der Waals surface area contributed by atoms with Crippen molar-refractivity contribution in [2.45, 2.75) is 31.2 Å². The highest BCUT2D eigenvalue weighted by atomic mass is 19.4. The van der Waals surface area contributed by atoms with E-state index in [0.717, 1.165) is 5.56 Å². The van der Waals surface area contributed by atoms with Crippen molar-refractivity contribution in [3.8, 4) is 0 Å². The number of halogens is 3. The minimum absolute atomic E-state index is 0.0761. The molecule has 0 spiro atoms. The summed E-state index contributed by atoms with van der Waals surface area (Å²) < 4.78 is 38.0. The maximum Gasteiger partial charge on any atom is 0.417 e. The lowest BCUT2D eigenvalue weighted by atomic mass is 9.94. The Morgan fingerprint density at radius 3 is 2.30 bits per heavy atom. The van der Waals surface area contributed by atoms with Gasteiger partial charge in [-0.3, -0.25) is 4.79 Å². The number of nitrogens with one attached hydrogen (secondary N) is 1. The molecule has 0 unspecified atom stereocenters. The molecule has 0 aromatic heterocycles. The van der Waals surface area contributed by atoms with Crippen LogP contribution in [0.2, 0.25) is 0 Å². The Bertz CT molecular complexity index is 436. The van der Waals surface area contributed by atoms with Crippen molar-refractivity contribution in [3.63, 3.8) is 0 Å². The molecule has 0 saturated carbocycles. The van der Waals surface area contributed by atoms with Crippen LogP contribution in [-0.4, -0.2) is 34.5 Å². The molecule has 0 saturated heterocycles. The van der Waals surface area contributed by atoms with Gasteiger partial charge in [-0.1, -0.05) is 30.3 Å². The maximum atomic E-state index is 12.7. The highest BCUT2D eigenvalue weighted by molar-refractivity contribution is 5.77. The Morgan fingerprint density at radius 2 is 1.80 bits per heavy atom. The lowest BCUT2D eigenvalue weighted by Gasteiger charge is -2.29. The predicted octanol–water partition coefficient (Wildman–Crippen LogP) is 1.37. The number of hydrogen-bond donors (Lipinski definition) is 3. The zero-order chi connectivity index (χ0) is 15.2. The van der Waals surface area contributed by atoms with Crippen molar-refractivity contribution in [1.29, 1.82) is 0 Å². The molecule has 1 aromatic carbocycles. The molecule has 0 fully saturated rings.